The lowest BCUT2D eigenvalue weighted by Gasteiger charge is -2.03. The van der Waals surface area contributed by atoms with E-state index in [1.54, 1.807) is 0 Å². The third-order valence-electron chi connectivity index (χ3n) is 2.99. The first kappa shape index (κ1) is 11.2. The molecule has 0 spiro atoms. The molecule has 16 heavy (non-hydrogen) atoms. The highest BCUT2D eigenvalue weighted by Crippen LogP contribution is 2.19. The number of aryl methyl sites for hydroxylation is 1. The van der Waals surface area contributed by atoms with Crippen LogP contribution in [0.25, 0.3) is 10.9 Å². The second-order valence-electron chi connectivity index (χ2n) is 4.45. The van der Waals surface area contributed by atoms with Crippen LogP contribution in [0.2, 0.25) is 0 Å². The highest BCUT2D eigenvalue weighted by atomic mass is 16.3. The molecule has 0 aliphatic carbocycles. The number of fused-ring (bicyclic) bond motifs is 1. The molecular weight excluding hydrogens is 198 g/mol. The third-order valence-corrected chi connectivity index (χ3v) is 2.99. The topological polar surface area (TPSA) is 36.0 Å². The Morgan fingerprint density at radius 3 is 2.88 bits per heavy atom. The van der Waals surface area contributed by atoms with E-state index in [0.717, 1.165) is 25.7 Å². The van der Waals surface area contributed by atoms with Gasteiger partial charge in [-0.1, -0.05) is 24.6 Å². The first-order chi connectivity index (χ1) is 7.77. The average Bonchev–Trinajstić information content (AvgIpc) is 2.68. The van der Waals surface area contributed by atoms with Crippen molar-refractivity contribution < 1.29 is 5.11 Å². The first-order valence-electron chi connectivity index (χ1n) is 6.00. The second-order valence-corrected chi connectivity index (χ2v) is 4.45. The van der Waals surface area contributed by atoms with Crippen LogP contribution in [0.5, 0.6) is 0 Å². The number of benzene rings is 1. The van der Waals surface area contributed by atoms with Crippen LogP contribution in [0.15, 0.2) is 30.5 Å². The van der Waals surface area contributed by atoms with E-state index in [1.807, 2.05) is 6.92 Å². The van der Waals surface area contributed by atoms with E-state index in [1.165, 1.54) is 16.5 Å². The van der Waals surface area contributed by atoms with Gasteiger partial charge < -0.3 is 10.1 Å². The zero-order valence-electron chi connectivity index (χ0n) is 9.74. The third kappa shape index (κ3) is 2.64. The Kier molecular flexibility index (Phi) is 3.62. The molecule has 2 aromatic rings. The SMILES string of the molecule is C[C@@H](O)CCCCc1c[nH]c2ccccc12. The van der Waals surface area contributed by atoms with Crippen molar-refractivity contribution in [3.63, 3.8) is 0 Å². The van der Waals surface area contributed by atoms with Gasteiger partial charge in [-0.3, -0.25) is 0 Å². The van der Waals surface area contributed by atoms with Crippen molar-refractivity contribution in [1.82, 2.24) is 4.98 Å². The Labute approximate surface area is 96.3 Å². The molecule has 0 amide bonds. The Hall–Kier alpha value is -1.28. The van der Waals surface area contributed by atoms with Crippen LogP contribution in [-0.2, 0) is 6.42 Å². The van der Waals surface area contributed by atoms with E-state index < -0.39 is 0 Å². The van der Waals surface area contributed by atoms with Crippen LogP contribution in [0.4, 0.5) is 0 Å². The van der Waals surface area contributed by atoms with Gasteiger partial charge in [0, 0.05) is 17.1 Å². The summed E-state index contributed by atoms with van der Waals surface area (Å²) in [6.07, 6.45) is 6.18. The monoisotopic (exact) mass is 217 g/mol. The van der Waals surface area contributed by atoms with Gasteiger partial charge in [-0.05, 0) is 37.8 Å². The molecule has 0 bridgehead atoms. The zero-order chi connectivity index (χ0) is 11.4. The molecule has 1 aromatic carbocycles. The maximum atomic E-state index is 9.18. The number of aromatic amines is 1. The van der Waals surface area contributed by atoms with Crippen LogP contribution < -0.4 is 0 Å². The molecule has 0 fully saturated rings. The number of H-pyrrole nitrogens is 1. The Bertz CT molecular complexity index is 445. The molecule has 0 saturated carbocycles. The number of rotatable bonds is 5. The minimum absolute atomic E-state index is 0.164. The van der Waals surface area contributed by atoms with Gasteiger partial charge in [0.1, 0.15) is 0 Å². The number of hydrogen-bond donors (Lipinski definition) is 2. The number of para-hydroxylation sites is 1. The molecule has 2 N–H and O–H groups in total. The summed E-state index contributed by atoms with van der Waals surface area (Å²) in [4.78, 5) is 3.29. The number of unbranched alkanes of at least 4 members (excludes halogenated alkanes) is 1. The minimum atomic E-state index is -0.164. The number of aromatic nitrogens is 1. The number of aliphatic hydroxyl groups excluding tert-OH is 1. The molecule has 2 rings (SSSR count). The Morgan fingerprint density at radius 1 is 1.25 bits per heavy atom. The highest BCUT2D eigenvalue weighted by molar-refractivity contribution is 5.82. The quantitative estimate of drug-likeness (QED) is 0.741. The van der Waals surface area contributed by atoms with E-state index in [4.69, 9.17) is 0 Å². The van der Waals surface area contributed by atoms with Crippen molar-refractivity contribution in [3.8, 4) is 0 Å². The molecule has 0 unspecified atom stereocenters. The fourth-order valence-corrected chi connectivity index (χ4v) is 2.09. The summed E-state index contributed by atoms with van der Waals surface area (Å²) in [7, 11) is 0. The standard InChI is InChI=1S/C14H19NO/c1-11(16)6-2-3-7-12-10-15-14-9-5-4-8-13(12)14/h4-5,8-11,15-16H,2-3,6-7H2,1H3/t11-/m1/s1. The van der Waals surface area contributed by atoms with Crippen LogP contribution in [-0.4, -0.2) is 16.2 Å². The van der Waals surface area contributed by atoms with Crippen molar-refractivity contribution in [3.05, 3.63) is 36.0 Å². The number of nitrogens with one attached hydrogen (secondary N) is 1. The van der Waals surface area contributed by atoms with Crippen LogP contribution in [0.1, 0.15) is 31.7 Å². The van der Waals surface area contributed by atoms with E-state index in [-0.39, 0.29) is 6.10 Å². The van der Waals surface area contributed by atoms with Gasteiger partial charge in [0.15, 0.2) is 0 Å². The lowest BCUT2D eigenvalue weighted by Crippen LogP contribution is -1.98. The largest absolute Gasteiger partial charge is 0.393 e. The summed E-state index contributed by atoms with van der Waals surface area (Å²) in [6, 6.07) is 8.40. The van der Waals surface area contributed by atoms with E-state index >= 15 is 0 Å². The summed E-state index contributed by atoms with van der Waals surface area (Å²) >= 11 is 0. The van der Waals surface area contributed by atoms with Crippen LogP contribution in [0.3, 0.4) is 0 Å². The molecule has 0 aliphatic heterocycles. The molecule has 1 atom stereocenters. The molecule has 0 aliphatic rings. The van der Waals surface area contributed by atoms with Gasteiger partial charge in [0.25, 0.3) is 0 Å². The number of aliphatic hydroxyl groups is 1. The summed E-state index contributed by atoms with van der Waals surface area (Å²) in [5.74, 6) is 0. The molecule has 1 aromatic heterocycles. The predicted molar refractivity (Wildman–Crippen MR) is 67.5 cm³/mol. The second kappa shape index (κ2) is 5.17. The Morgan fingerprint density at radius 2 is 2.06 bits per heavy atom. The molecule has 2 heteroatoms. The fraction of sp³-hybridized carbons (Fsp3) is 0.429. The van der Waals surface area contributed by atoms with Gasteiger partial charge in [-0.25, -0.2) is 0 Å². The lowest BCUT2D eigenvalue weighted by molar-refractivity contribution is 0.180. The van der Waals surface area contributed by atoms with Gasteiger partial charge in [-0.2, -0.15) is 0 Å². The minimum Gasteiger partial charge on any atom is -0.393 e. The zero-order valence-corrected chi connectivity index (χ0v) is 9.74. The van der Waals surface area contributed by atoms with Crippen LogP contribution in [0, 0.1) is 0 Å². The lowest BCUT2D eigenvalue weighted by atomic mass is 10.1. The average molecular weight is 217 g/mol. The van der Waals surface area contributed by atoms with Gasteiger partial charge in [0.05, 0.1) is 6.10 Å². The fourth-order valence-electron chi connectivity index (χ4n) is 2.09. The smallest absolute Gasteiger partial charge is 0.0512 e. The molecular formula is C14H19NO. The Balaban J connectivity index is 1.94. The van der Waals surface area contributed by atoms with Gasteiger partial charge in [-0.15, -0.1) is 0 Å². The summed E-state index contributed by atoms with van der Waals surface area (Å²) < 4.78 is 0. The van der Waals surface area contributed by atoms with Gasteiger partial charge >= 0.3 is 0 Å². The summed E-state index contributed by atoms with van der Waals surface area (Å²) in [5.41, 5.74) is 2.61. The van der Waals surface area contributed by atoms with Gasteiger partial charge in [0.2, 0.25) is 0 Å². The van der Waals surface area contributed by atoms with Crippen molar-refractivity contribution in [2.45, 2.75) is 38.7 Å². The van der Waals surface area contributed by atoms with Crippen molar-refractivity contribution in [1.29, 1.82) is 0 Å². The molecule has 86 valence electrons. The molecule has 1 heterocycles. The first-order valence-corrected chi connectivity index (χ1v) is 6.00. The maximum Gasteiger partial charge on any atom is 0.0512 e. The predicted octanol–water partition coefficient (Wildman–Crippen LogP) is 3.26. The maximum absolute atomic E-state index is 9.18. The number of hydrogen-bond acceptors (Lipinski definition) is 1. The molecule has 2 nitrogen and oxygen atoms in total. The molecule has 0 saturated heterocycles. The van der Waals surface area contributed by atoms with E-state index in [2.05, 4.69) is 35.4 Å². The van der Waals surface area contributed by atoms with Crippen molar-refractivity contribution in [2.75, 3.05) is 0 Å². The summed E-state index contributed by atoms with van der Waals surface area (Å²) in [6.45, 7) is 1.85. The summed E-state index contributed by atoms with van der Waals surface area (Å²) in [5, 5.41) is 10.5. The van der Waals surface area contributed by atoms with Crippen molar-refractivity contribution in [2.24, 2.45) is 0 Å². The van der Waals surface area contributed by atoms with E-state index in [9.17, 15) is 5.11 Å². The van der Waals surface area contributed by atoms with E-state index in [0.29, 0.717) is 0 Å². The normalized spacial score (nSPS) is 13.1. The molecule has 0 radical (unpaired) electrons. The van der Waals surface area contributed by atoms with Crippen molar-refractivity contribution >= 4 is 10.9 Å². The highest BCUT2D eigenvalue weighted by Gasteiger charge is 2.02. The van der Waals surface area contributed by atoms with Crippen LogP contribution >= 0.6 is 0 Å².